The van der Waals surface area contributed by atoms with Crippen LogP contribution in [0.15, 0.2) is 0 Å². The third kappa shape index (κ3) is 9.32. The molecule has 0 saturated carbocycles. The third-order valence-electron chi connectivity index (χ3n) is 1.50. The van der Waals surface area contributed by atoms with Crippen molar-refractivity contribution in [2.24, 2.45) is 0 Å². The van der Waals surface area contributed by atoms with Crippen LogP contribution < -0.4 is 0 Å². The maximum Gasteiger partial charge on any atom is 0.0470 e. The Morgan fingerprint density at radius 3 is 1.11 bits per heavy atom. The van der Waals surface area contributed by atoms with Crippen LogP contribution in [0.1, 0.15) is 20.8 Å². The molecule has 0 bridgehead atoms. The Bertz CT molecular complexity index is 30.4. The van der Waals surface area contributed by atoms with Crippen LogP contribution in [0.4, 0.5) is 0 Å². The molecule has 0 N–H and O–H groups in total. The van der Waals surface area contributed by atoms with Crippen molar-refractivity contribution in [2.45, 2.75) is 38.9 Å². The Labute approximate surface area is 87.3 Å². The second-order valence-corrected chi connectivity index (χ2v) is 5.43. The van der Waals surface area contributed by atoms with Gasteiger partial charge in [0, 0.05) is 41.5 Å². The second-order valence-electron chi connectivity index (χ2n) is 1.81. The SMILES string of the molecule is CC[Si](CC)CC.[CH3-].[Y]. The van der Waals surface area contributed by atoms with E-state index in [-0.39, 0.29) is 48.9 Å². The fourth-order valence-corrected chi connectivity index (χ4v) is 2.25. The van der Waals surface area contributed by atoms with Gasteiger partial charge in [-0.1, -0.05) is 38.9 Å². The standard InChI is InChI=1S/C6H15Si.CH3.Y/c1-4-7(5-2)6-3;;/h4-6H2,1-3H3;1H3;/q;-1;. The molecule has 0 aromatic rings. The summed E-state index contributed by atoms with van der Waals surface area (Å²) in [6.45, 7) is 6.92. The average Bonchev–Trinajstić information content (AvgIpc) is 1.72. The van der Waals surface area contributed by atoms with Gasteiger partial charge in [0.15, 0.2) is 0 Å². The van der Waals surface area contributed by atoms with Gasteiger partial charge in [-0.2, -0.15) is 0 Å². The summed E-state index contributed by atoms with van der Waals surface area (Å²) in [5.41, 5.74) is 0. The molecule has 0 aliphatic carbocycles. The molecular formula is C7H18SiY-. The molecule has 0 nitrogen and oxygen atoms in total. The second kappa shape index (κ2) is 12.0. The van der Waals surface area contributed by atoms with Crippen molar-refractivity contribution in [3.63, 3.8) is 0 Å². The summed E-state index contributed by atoms with van der Waals surface area (Å²) in [5.74, 6) is 0. The molecule has 2 radical (unpaired) electrons. The molecule has 0 atom stereocenters. The normalized spacial score (nSPS) is 8.00. The van der Waals surface area contributed by atoms with Crippen molar-refractivity contribution < 1.29 is 32.7 Å². The molecule has 0 aliphatic rings. The van der Waals surface area contributed by atoms with E-state index in [1.54, 1.807) is 0 Å². The summed E-state index contributed by atoms with van der Waals surface area (Å²) in [5, 5.41) is 0. The molecule has 54 valence electrons. The quantitative estimate of drug-likeness (QED) is 0.505. The van der Waals surface area contributed by atoms with Crippen LogP contribution in [-0.2, 0) is 32.7 Å². The van der Waals surface area contributed by atoms with E-state index in [0.29, 0.717) is 0 Å². The molecule has 0 heterocycles. The van der Waals surface area contributed by atoms with Gasteiger partial charge >= 0.3 is 0 Å². The van der Waals surface area contributed by atoms with Gasteiger partial charge in [0.05, 0.1) is 0 Å². The van der Waals surface area contributed by atoms with Crippen LogP contribution >= 0.6 is 0 Å². The van der Waals surface area contributed by atoms with Gasteiger partial charge in [-0.15, -0.1) is 0 Å². The minimum absolute atomic E-state index is 0. The van der Waals surface area contributed by atoms with E-state index >= 15 is 0 Å². The van der Waals surface area contributed by atoms with Gasteiger partial charge in [0.25, 0.3) is 0 Å². The first kappa shape index (κ1) is 16.7. The summed E-state index contributed by atoms with van der Waals surface area (Å²) >= 11 is 0. The predicted octanol–water partition coefficient (Wildman–Crippen LogP) is 2.99. The summed E-state index contributed by atoms with van der Waals surface area (Å²) in [4.78, 5) is 0. The molecule has 0 fully saturated rings. The Morgan fingerprint density at radius 1 is 0.889 bits per heavy atom. The molecule has 0 spiro atoms. The van der Waals surface area contributed by atoms with Gasteiger partial charge < -0.3 is 7.43 Å². The maximum absolute atomic E-state index is 2.31. The smallest absolute Gasteiger partial charge is 0.0470 e. The topological polar surface area (TPSA) is 0 Å². The third-order valence-corrected chi connectivity index (χ3v) is 4.50. The summed E-state index contributed by atoms with van der Waals surface area (Å²) in [6, 6.07) is 4.37. The molecule has 0 unspecified atom stereocenters. The van der Waals surface area contributed by atoms with E-state index in [4.69, 9.17) is 0 Å². The fourth-order valence-electron chi connectivity index (χ4n) is 0.750. The Hall–Kier alpha value is 1.32. The van der Waals surface area contributed by atoms with Gasteiger partial charge in [0.1, 0.15) is 0 Å². The molecule has 0 aromatic heterocycles. The summed E-state index contributed by atoms with van der Waals surface area (Å²) in [7, 11) is 0.137. The van der Waals surface area contributed by atoms with Crippen LogP contribution in [-0.4, -0.2) is 8.80 Å². The van der Waals surface area contributed by atoms with E-state index < -0.39 is 0 Å². The molecule has 0 rings (SSSR count). The molecule has 0 amide bonds. The largest absolute Gasteiger partial charge is 0.358 e. The van der Waals surface area contributed by atoms with E-state index in [1.165, 1.54) is 18.1 Å². The van der Waals surface area contributed by atoms with Crippen LogP contribution in [0.5, 0.6) is 0 Å². The van der Waals surface area contributed by atoms with Crippen molar-refractivity contribution in [2.75, 3.05) is 0 Å². The minimum Gasteiger partial charge on any atom is -0.358 e. The van der Waals surface area contributed by atoms with Crippen molar-refractivity contribution in [1.82, 2.24) is 0 Å². The van der Waals surface area contributed by atoms with Crippen molar-refractivity contribution in [3.05, 3.63) is 7.43 Å². The monoisotopic (exact) mass is 219 g/mol. The van der Waals surface area contributed by atoms with Crippen molar-refractivity contribution >= 4 is 8.80 Å². The van der Waals surface area contributed by atoms with Crippen molar-refractivity contribution in [1.29, 1.82) is 0 Å². The van der Waals surface area contributed by atoms with Crippen molar-refractivity contribution in [3.8, 4) is 0 Å². The van der Waals surface area contributed by atoms with Gasteiger partial charge in [0.2, 0.25) is 0 Å². The van der Waals surface area contributed by atoms with Gasteiger partial charge in [-0.05, 0) is 0 Å². The average molecular weight is 219 g/mol. The zero-order valence-corrected chi connectivity index (χ0v) is 11.0. The number of rotatable bonds is 3. The molecule has 0 aliphatic heterocycles. The van der Waals surface area contributed by atoms with E-state index in [0.717, 1.165) is 0 Å². The maximum atomic E-state index is 2.31. The van der Waals surface area contributed by atoms with Gasteiger partial charge in [-0.3, -0.25) is 0 Å². The predicted molar refractivity (Wildman–Crippen MR) is 43.6 cm³/mol. The molecule has 0 aromatic carbocycles. The van der Waals surface area contributed by atoms with Crippen LogP contribution in [0.3, 0.4) is 0 Å². The first-order valence-electron chi connectivity index (χ1n) is 3.18. The van der Waals surface area contributed by atoms with E-state index in [2.05, 4.69) is 20.8 Å². The Balaban J connectivity index is -0.000000180. The molecule has 2 heteroatoms. The Morgan fingerprint density at radius 2 is 1.11 bits per heavy atom. The number of hydrogen-bond acceptors (Lipinski definition) is 0. The van der Waals surface area contributed by atoms with E-state index in [1.807, 2.05) is 0 Å². The first-order chi connectivity index (χ1) is 3.35. The zero-order chi connectivity index (χ0) is 5.70. The summed E-state index contributed by atoms with van der Waals surface area (Å²) < 4.78 is 0. The minimum atomic E-state index is 0. The van der Waals surface area contributed by atoms with E-state index in [9.17, 15) is 0 Å². The fraction of sp³-hybridized carbons (Fsp3) is 0.857. The van der Waals surface area contributed by atoms with Crippen LogP contribution in [0.25, 0.3) is 0 Å². The number of hydrogen-bond donors (Lipinski definition) is 0. The molecular weight excluding hydrogens is 201 g/mol. The summed E-state index contributed by atoms with van der Waals surface area (Å²) in [6.07, 6.45) is 0. The van der Waals surface area contributed by atoms with Gasteiger partial charge in [-0.25, -0.2) is 0 Å². The zero-order valence-electron chi connectivity index (χ0n) is 7.20. The van der Waals surface area contributed by atoms with Crippen LogP contribution in [0.2, 0.25) is 18.1 Å². The Kier molecular flexibility index (Phi) is 22.4. The molecule has 0 saturated heterocycles. The van der Waals surface area contributed by atoms with Crippen LogP contribution in [0, 0.1) is 7.43 Å². The molecule has 9 heavy (non-hydrogen) atoms. The first-order valence-corrected chi connectivity index (χ1v) is 5.30.